The molecule has 2 aromatic heterocycles. The maximum Gasteiger partial charge on any atom is 0.146 e. The SMILES string of the molecule is CN=Cc1c(N)cc(-n2cc3cc(C4CCNCC4)sc3n2)cc1F. The molecule has 4 rings (SSSR count). The van der Waals surface area contributed by atoms with Crippen molar-refractivity contribution in [1.82, 2.24) is 15.1 Å². The quantitative estimate of drug-likeness (QED) is 0.558. The molecule has 0 unspecified atom stereocenters. The molecule has 1 saturated heterocycles. The fraction of sp³-hybridized carbons (Fsp3) is 0.333. The highest BCUT2D eigenvalue weighted by molar-refractivity contribution is 7.18. The largest absolute Gasteiger partial charge is 0.398 e. The summed E-state index contributed by atoms with van der Waals surface area (Å²) in [4.78, 5) is 6.21. The molecule has 0 amide bonds. The standard InChI is InChI=1S/C18H20FN5S/c1-21-9-14-15(19)7-13(8-16(14)20)24-10-12-6-17(25-18(12)23-24)11-2-4-22-5-3-11/h6-11,22H,2-5,20H2,1H3. The highest BCUT2D eigenvalue weighted by Crippen LogP contribution is 2.35. The topological polar surface area (TPSA) is 68.2 Å². The van der Waals surface area contributed by atoms with Crippen LogP contribution in [-0.4, -0.2) is 36.1 Å². The number of aliphatic imine (C=N–C) groups is 1. The molecule has 0 radical (unpaired) electrons. The summed E-state index contributed by atoms with van der Waals surface area (Å²) in [6.07, 6.45) is 5.72. The number of hydrogen-bond acceptors (Lipinski definition) is 5. The van der Waals surface area contributed by atoms with Crippen LogP contribution in [0.4, 0.5) is 10.1 Å². The summed E-state index contributed by atoms with van der Waals surface area (Å²) in [6.45, 7) is 2.15. The third-order valence-electron chi connectivity index (χ3n) is 4.63. The van der Waals surface area contributed by atoms with E-state index in [9.17, 15) is 4.39 Å². The summed E-state index contributed by atoms with van der Waals surface area (Å²) in [6, 6.07) is 5.39. The maximum atomic E-state index is 14.3. The van der Waals surface area contributed by atoms with E-state index in [4.69, 9.17) is 5.73 Å². The molecule has 1 aliphatic heterocycles. The van der Waals surface area contributed by atoms with E-state index in [1.54, 1.807) is 29.1 Å². The Morgan fingerprint density at radius 1 is 1.36 bits per heavy atom. The summed E-state index contributed by atoms with van der Waals surface area (Å²) in [7, 11) is 1.59. The summed E-state index contributed by atoms with van der Waals surface area (Å²) < 4.78 is 16.0. The van der Waals surface area contributed by atoms with Crippen LogP contribution < -0.4 is 11.1 Å². The second-order valence-corrected chi connectivity index (χ2v) is 7.39. The van der Waals surface area contributed by atoms with Gasteiger partial charge in [-0.2, -0.15) is 5.10 Å². The number of fused-ring (bicyclic) bond motifs is 1. The van der Waals surface area contributed by atoms with Gasteiger partial charge in [-0.15, -0.1) is 11.3 Å². The van der Waals surface area contributed by atoms with Gasteiger partial charge in [0, 0.05) is 41.5 Å². The van der Waals surface area contributed by atoms with Crippen molar-refractivity contribution in [2.75, 3.05) is 25.9 Å². The van der Waals surface area contributed by atoms with Crippen LogP contribution >= 0.6 is 11.3 Å². The van der Waals surface area contributed by atoms with Gasteiger partial charge in [-0.3, -0.25) is 4.99 Å². The zero-order chi connectivity index (χ0) is 17.4. The first-order valence-electron chi connectivity index (χ1n) is 8.37. The van der Waals surface area contributed by atoms with Gasteiger partial charge in [-0.05, 0) is 44.0 Å². The van der Waals surface area contributed by atoms with Gasteiger partial charge in [-0.25, -0.2) is 9.07 Å². The minimum Gasteiger partial charge on any atom is -0.398 e. The van der Waals surface area contributed by atoms with Gasteiger partial charge in [0.05, 0.1) is 11.3 Å². The number of rotatable bonds is 3. The van der Waals surface area contributed by atoms with Gasteiger partial charge in [-0.1, -0.05) is 0 Å². The molecule has 3 N–H and O–H groups in total. The first kappa shape index (κ1) is 16.2. The molecule has 130 valence electrons. The van der Waals surface area contributed by atoms with Crippen LogP contribution in [0.1, 0.15) is 29.2 Å². The van der Waals surface area contributed by atoms with Gasteiger partial charge >= 0.3 is 0 Å². The van der Waals surface area contributed by atoms with E-state index in [0.29, 0.717) is 22.9 Å². The molecule has 3 heterocycles. The van der Waals surface area contributed by atoms with Gasteiger partial charge in [0.15, 0.2) is 0 Å². The van der Waals surface area contributed by atoms with Gasteiger partial charge in [0.25, 0.3) is 0 Å². The predicted molar refractivity (Wildman–Crippen MR) is 102 cm³/mol. The van der Waals surface area contributed by atoms with Gasteiger partial charge < -0.3 is 11.1 Å². The highest BCUT2D eigenvalue weighted by Gasteiger charge is 2.19. The zero-order valence-corrected chi connectivity index (χ0v) is 14.8. The molecule has 25 heavy (non-hydrogen) atoms. The Kier molecular flexibility index (Phi) is 4.27. The van der Waals surface area contributed by atoms with Crippen LogP contribution in [0.5, 0.6) is 0 Å². The Hall–Kier alpha value is -2.25. The van der Waals surface area contributed by atoms with Crippen LogP contribution in [0.25, 0.3) is 15.9 Å². The monoisotopic (exact) mass is 357 g/mol. The molecule has 5 nitrogen and oxygen atoms in total. The first-order chi connectivity index (χ1) is 12.2. The highest BCUT2D eigenvalue weighted by atomic mass is 32.1. The Bertz CT molecular complexity index is 882. The van der Waals surface area contributed by atoms with E-state index in [0.717, 1.165) is 23.3 Å². The molecule has 0 atom stereocenters. The molecule has 0 aliphatic carbocycles. The number of nitrogen functional groups attached to an aromatic ring is 1. The average Bonchev–Trinajstić information content (AvgIpc) is 3.18. The van der Waals surface area contributed by atoms with Crippen molar-refractivity contribution in [2.24, 2.45) is 4.99 Å². The van der Waals surface area contributed by atoms with Gasteiger partial charge in [0.1, 0.15) is 10.6 Å². The van der Waals surface area contributed by atoms with Crippen LogP contribution in [-0.2, 0) is 0 Å². The van der Waals surface area contributed by atoms with E-state index in [1.807, 2.05) is 6.20 Å². The zero-order valence-electron chi connectivity index (χ0n) is 14.0. The fourth-order valence-electron chi connectivity index (χ4n) is 3.31. The summed E-state index contributed by atoms with van der Waals surface area (Å²) in [5.41, 5.74) is 7.25. The number of hydrogen-bond donors (Lipinski definition) is 2. The molecular weight excluding hydrogens is 337 g/mol. The number of benzene rings is 1. The van der Waals surface area contributed by atoms with E-state index in [-0.39, 0.29) is 0 Å². The second-order valence-electron chi connectivity index (χ2n) is 6.32. The van der Waals surface area contributed by atoms with Crippen LogP contribution in [0.2, 0.25) is 0 Å². The van der Waals surface area contributed by atoms with Crippen molar-refractivity contribution in [2.45, 2.75) is 18.8 Å². The van der Waals surface area contributed by atoms with Crippen molar-refractivity contribution in [3.8, 4) is 5.69 Å². The summed E-state index contributed by atoms with van der Waals surface area (Å²) >= 11 is 1.73. The smallest absolute Gasteiger partial charge is 0.146 e. The lowest BCUT2D eigenvalue weighted by molar-refractivity contribution is 0.465. The van der Waals surface area contributed by atoms with Gasteiger partial charge in [0.2, 0.25) is 0 Å². The van der Waals surface area contributed by atoms with E-state index in [1.165, 1.54) is 30.0 Å². The van der Waals surface area contributed by atoms with Crippen molar-refractivity contribution < 1.29 is 4.39 Å². The minimum atomic E-state index is -0.394. The third kappa shape index (κ3) is 3.05. The summed E-state index contributed by atoms with van der Waals surface area (Å²) in [5.74, 6) is 0.226. The summed E-state index contributed by atoms with van der Waals surface area (Å²) in [5, 5.41) is 9.11. The normalized spacial score (nSPS) is 16.2. The number of nitrogens with two attached hydrogens (primary N) is 1. The number of halogens is 1. The maximum absolute atomic E-state index is 14.3. The minimum absolute atomic E-state index is 0.313. The Balaban J connectivity index is 1.67. The van der Waals surface area contributed by atoms with E-state index >= 15 is 0 Å². The number of piperidine rings is 1. The number of nitrogens with zero attached hydrogens (tertiary/aromatic N) is 3. The van der Waals surface area contributed by atoms with Crippen molar-refractivity contribution in [1.29, 1.82) is 0 Å². The Labute approximate surface area is 149 Å². The predicted octanol–water partition coefficient (Wildman–Crippen LogP) is 3.32. The average molecular weight is 357 g/mol. The van der Waals surface area contributed by atoms with Crippen molar-refractivity contribution in [3.05, 3.63) is 40.7 Å². The Morgan fingerprint density at radius 2 is 2.16 bits per heavy atom. The lowest BCUT2D eigenvalue weighted by Gasteiger charge is -2.21. The molecule has 1 fully saturated rings. The lowest BCUT2D eigenvalue weighted by atomic mass is 9.96. The van der Waals surface area contributed by atoms with E-state index in [2.05, 4.69) is 21.5 Å². The van der Waals surface area contributed by atoms with Crippen LogP contribution in [0.3, 0.4) is 0 Å². The molecule has 0 spiro atoms. The van der Waals surface area contributed by atoms with Crippen molar-refractivity contribution >= 4 is 33.5 Å². The Morgan fingerprint density at radius 3 is 2.84 bits per heavy atom. The van der Waals surface area contributed by atoms with Crippen LogP contribution in [0.15, 0.2) is 29.4 Å². The number of thiophene rings is 1. The molecule has 1 aliphatic rings. The number of anilines is 1. The van der Waals surface area contributed by atoms with E-state index < -0.39 is 5.82 Å². The number of nitrogens with one attached hydrogen (secondary N) is 1. The van der Waals surface area contributed by atoms with Crippen molar-refractivity contribution in [3.63, 3.8) is 0 Å². The molecule has 7 heteroatoms. The third-order valence-corrected chi connectivity index (χ3v) is 5.83. The second kappa shape index (κ2) is 6.57. The molecular formula is C18H20FN5S. The van der Waals surface area contributed by atoms with Crippen LogP contribution in [0, 0.1) is 5.82 Å². The molecule has 0 bridgehead atoms. The lowest BCUT2D eigenvalue weighted by Crippen LogP contribution is -2.26. The first-order valence-corrected chi connectivity index (χ1v) is 9.18. The molecule has 0 saturated carbocycles. The fourth-order valence-corrected chi connectivity index (χ4v) is 4.48. The molecule has 3 aromatic rings. The number of aromatic nitrogens is 2. The molecule has 1 aromatic carbocycles.